The molecular weight excluding hydrogens is 360 g/mol. The first-order valence-corrected chi connectivity index (χ1v) is 9.28. The third-order valence-electron chi connectivity index (χ3n) is 3.84. The molecular formula is C17H22N2O6S. The summed E-state index contributed by atoms with van der Waals surface area (Å²) in [6.45, 7) is 2.01. The number of ether oxygens (including phenoxy) is 3. The smallest absolute Gasteiger partial charge is 0.254 e. The average molecular weight is 382 g/mol. The molecule has 0 aliphatic heterocycles. The van der Waals surface area contributed by atoms with Crippen LogP contribution < -0.4 is 24.5 Å². The predicted octanol–water partition coefficient (Wildman–Crippen LogP) is 1.16. The molecule has 142 valence electrons. The molecule has 2 aromatic rings. The van der Waals surface area contributed by atoms with Crippen molar-refractivity contribution in [2.24, 2.45) is 0 Å². The number of pyridine rings is 1. The highest BCUT2D eigenvalue weighted by molar-refractivity contribution is 7.89. The molecule has 0 saturated carbocycles. The number of hydrogen-bond donors (Lipinski definition) is 1. The van der Waals surface area contributed by atoms with Gasteiger partial charge < -0.3 is 18.8 Å². The molecule has 0 atom stereocenters. The maximum atomic E-state index is 12.4. The Morgan fingerprint density at radius 2 is 1.69 bits per heavy atom. The Bertz CT molecular complexity index is 937. The van der Waals surface area contributed by atoms with Crippen LogP contribution in [0.5, 0.6) is 17.2 Å². The fourth-order valence-corrected chi connectivity index (χ4v) is 3.50. The summed E-state index contributed by atoms with van der Waals surface area (Å²) < 4.78 is 44.1. The molecule has 1 aromatic carbocycles. The average Bonchev–Trinajstić information content (AvgIpc) is 2.62. The van der Waals surface area contributed by atoms with Crippen LogP contribution in [0.3, 0.4) is 0 Å². The Hall–Kier alpha value is -2.52. The molecule has 0 saturated heterocycles. The first kappa shape index (κ1) is 19.8. The molecule has 0 amide bonds. The number of rotatable bonds is 8. The second kappa shape index (κ2) is 8.24. The van der Waals surface area contributed by atoms with Crippen molar-refractivity contribution in [3.05, 3.63) is 46.4 Å². The largest absolute Gasteiger partial charge is 0.496 e. The van der Waals surface area contributed by atoms with Gasteiger partial charge in [0.2, 0.25) is 10.0 Å². The third kappa shape index (κ3) is 4.36. The Kier molecular flexibility index (Phi) is 6.27. The summed E-state index contributed by atoms with van der Waals surface area (Å²) in [4.78, 5) is 12.1. The molecule has 0 bridgehead atoms. The van der Waals surface area contributed by atoms with Crippen LogP contribution in [0.2, 0.25) is 0 Å². The molecule has 1 aromatic heterocycles. The standard InChI is InChI=1S/C17H22N2O6S/c1-12-9-13(23-2)10-17(20)19(12)8-7-18-26(21,22)14-5-6-15(24-3)16(11-14)25-4/h5-6,9-11,18H,7-8H2,1-4H3. The van der Waals surface area contributed by atoms with Crippen LogP contribution in [0.1, 0.15) is 5.69 Å². The Balaban J connectivity index is 2.13. The predicted molar refractivity (Wildman–Crippen MR) is 96.7 cm³/mol. The lowest BCUT2D eigenvalue weighted by atomic mass is 10.3. The number of sulfonamides is 1. The van der Waals surface area contributed by atoms with Gasteiger partial charge in [0.05, 0.1) is 26.2 Å². The summed E-state index contributed by atoms with van der Waals surface area (Å²) in [5.74, 6) is 1.22. The lowest BCUT2D eigenvalue weighted by molar-refractivity contribution is 0.354. The van der Waals surface area contributed by atoms with Crippen LogP contribution in [0.25, 0.3) is 0 Å². The monoisotopic (exact) mass is 382 g/mol. The molecule has 0 radical (unpaired) electrons. The lowest BCUT2D eigenvalue weighted by Gasteiger charge is -2.13. The highest BCUT2D eigenvalue weighted by Crippen LogP contribution is 2.29. The summed E-state index contributed by atoms with van der Waals surface area (Å²) in [7, 11) is 0.632. The number of aromatic nitrogens is 1. The van der Waals surface area contributed by atoms with Gasteiger partial charge in [0, 0.05) is 30.9 Å². The molecule has 2 rings (SSSR count). The second-order valence-electron chi connectivity index (χ2n) is 5.44. The van der Waals surface area contributed by atoms with E-state index in [1.54, 1.807) is 13.0 Å². The van der Waals surface area contributed by atoms with Crippen molar-refractivity contribution in [3.63, 3.8) is 0 Å². The molecule has 0 fully saturated rings. The summed E-state index contributed by atoms with van der Waals surface area (Å²) in [5.41, 5.74) is 0.423. The zero-order valence-electron chi connectivity index (χ0n) is 15.1. The number of aryl methyl sites for hydroxylation is 1. The lowest BCUT2D eigenvalue weighted by Crippen LogP contribution is -2.31. The number of nitrogens with zero attached hydrogens (tertiary/aromatic N) is 1. The SMILES string of the molecule is COc1cc(C)n(CCNS(=O)(=O)c2ccc(OC)c(OC)c2)c(=O)c1. The Morgan fingerprint density at radius 1 is 1.00 bits per heavy atom. The van der Waals surface area contributed by atoms with Crippen LogP contribution in [-0.4, -0.2) is 40.9 Å². The van der Waals surface area contributed by atoms with Crippen LogP contribution in [0, 0.1) is 6.92 Å². The third-order valence-corrected chi connectivity index (χ3v) is 5.30. The topological polar surface area (TPSA) is 95.9 Å². The van der Waals surface area contributed by atoms with Gasteiger partial charge in [0.1, 0.15) is 5.75 Å². The van der Waals surface area contributed by atoms with Crippen LogP contribution >= 0.6 is 0 Å². The van der Waals surface area contributed by atoms with Gasteiger partial charge in [-0.25, -0.2) is 13.1 Å². The molecule has 26 heavy (non-hydrogen) atoms. The number of methoxy groups -OCH3 is 3. The minimum Gasteiger partial charge on any atom is -0.496 e. The maximum Gasteiger partial charge on any atom is 0.254 e. The van der Waals surface area contributed by atoms with E-state index >= 15 is 0 Å². The van der Waals surface area contributed by atoms with Crippen molar-refractivity contribution in [2.75, 3.05) is 27.9 Å². The maximum absolute atomic E-state index is 12.4. The van der Waals surface area contributed by atoms with Gasteiger partial charge >= 0.3 is 0 Å². The van der Waals surface area contributed by atoms with Gasteiger partial charge in [-0.2, -0.15) is 0 Å². The van der Waals surface area contributed by atoms with Gasteiger partial charge in [0.15, 0.2) is 11.5 Å². The van der Waals surface area contributed by atoms with Gasteiger partial charge in [-0.15, -0.1) is 0 Å². The molecule has 1 N–H and O–H groups in total. The zero-order chi connectivity index (χ0) is 19.3. The van der Waals surface area contributed by atoms with E-state index in [0.29, 0.717) is 22.9 Å². The van der Waals surface area contributed by atoms with E-state index in [-0.39, 0.29) is 23.5 Å². The van der Waals surface area contributed by atoms with E-state index in [1.807, 2.05) is 0 Å². The molecule has 0 unspecified atom stereocenters. The summed E-state index contributed by atoms with van der Waals surface area (Å²) >= 11 is 0. The van der Waals surface area contributed by atoms with Gasteiger partial charge in [-0.1, -0.05) is 0 Å². The zero-order valence-corrected chi connectivity index (χ0v) is 15.9. The molecule has 0 aliphatic carbocycles. The Labute approximate surface area is 152 Å². The fourth-order valence-electron chi connectivity index (χ4n) is 2.46. The minimum absolute atomic E-state index is 0.0500. The molecule has 1 heterocycles. The quantitative estimate of drug-likeness (QED) is 0.736. The molecule has 9 heteroatoms. The van der Waals surface area contributed by atoms with E-state index < -0.39 is 10.0 Å². The highest BCUT2D eigenvalue weighted by atomic mass is 32.2. The van der Waals surface area contributed by atoms with E-state index in [2.05, 4.69) is 4.72 Å². The number of benzene rings is 1. The van der Waals surface area contributed by atoms with Crippen molar-refractivity contribution >= 4 is 10.0 Å². The van der Waals surface area contributed by atoms with E-state index in [0.717, 1.165) is 0 Å². The van der Waals surface area contributed by atoms with Crippen molar-refractivity contribution in [3.8, 4) is 17.2 Å². The second-order valence-corrected chi connectivity index (χ2v) is 7.21. The van der Waals surface area contributed by atoms with Crippen molar-refractivity contribution in [1.29, 1.82) is 0 Å². The Morgan fingerprint density at radius 3 is 2.27 bits per heavy atom. The van der Waals surface area contributed by atoms with E-state index in [1.165, 1.54) is 50.2 Å². The van der Waals surface area contributed by atoms with Gasteiger partial charge in [-0.3, -0.25) is 4.79 Å². The van der Waals surface area contributed by atoms with Crippen molar-refractivity contribution < 1.29 is 22.6 Å². The molecule has 8 nitrogen and oxygen atoms in total. The van der Waals surface area contributed by atoms with E-state index in [9.17, 15) is 13.2 Å². The normalized spacial score (nSPS) is 11.2. The van der Waals surface area contributed by atoms with E-state index in [4.69, 9.17) is 14.2 Å². The first-order chi connectivity index (χ1) is 12.3. The fraction of sp³-hybridized carbons (Fsp3) is 0.353. The van der Waals surface area contributed by atoms with Crippen molar-refractivity contribution in [2.45, 2.75) is 18.4 Å². The van der Waals surface area contributed by atoms with Crippen molar-refractivity contribution in [1.82, 2.24) is 9.29 Å². The summed E-state index contributed by atoms with van der Waals surface area (Å²) in [5, 5.41) is 0. The summed E-state index contributed by atoms with van der Waals surface area (Å²) in [6.07, 6.45) is 0. The minimum atomic E-state index is -3.75. The molecule has 0 spiro atoms. The van der Waals surface area contributed by atoms with Crippen LogP contribution in [-0.2, 0) is 16.6 Å². The molecule has 0 aliphatic rings. The number of nitrogens with one attached hydrogen (secondary N) is 1. The van der Waals surface area contributed by atoms with Crippen LogP contribution in [0.15, 0.2) is 40.0 Å². The summed E-state index contributed by atoms with van der Waals surface area (Å²) in [6, 6.07) is 7.39. The highest BCUT2D eigenvalue weighted by Gasteiger charge is 2.17. The van der Waals surface area contributed by atoms with Crippen LogP contribution in [0.4, 0.5) is 0 Å². The first-order valence-electron chi connectivity index (χ1n) is 7.79. The van der Waals surface area contributed by atoms with Gasteiger partial charge in [-0.05, 0) is 25.1 Å². The van der Waals surface area contributed by atoms with Gasteiger partial charge in [0.25, 0.3) is 5.56 Å². The number of hydrogen-bond acceptors (Lipinski definition) is 6.